The molecule has 0 radical (unpaired) electrons. The van der Waals surface area contributed by atoms with Crippen LogP contribution in [0.2, 0.25) is 0 Å². The van der Waals surface area contributed by atoms with Crippen molar-refractivity contribution in [3.05, 3.63) is 29.8 Å². The van der Waals surface area contributed by atoms with Crippen LogP contribution in [-0.2, 0) is 6.54 Å². The summed E-state index contributed by atoms with van der Waals surface area (Å²) in [5, 5.41) is 14.4. The normalized spacial score (nSPS) is 28.3. The van der Waals surface area contributed by atoms with Crippen molar-refractivity contribution in [2.45, 2.75) is 64.8 Å². The van der Waals surface area contributed by atoms with Crippen molar-refractivity contribution in [1.82, 2.24) is 10.2 Å². The number of hydrogen-bond acceptors (Lipinski definition) is 4. The minimum atomic E-state index is -0.548. The summed E-state index contributed by atoms with van der Waals surface area (Å²) >= 11 is 0. The fraction of sp³-hybridized carbons (Fsp3) is 0.700. The third kappa shape index (κ3) is 5.20. The molecule has 1 saturated heterocycles. The minimum Gasteiger partial charge on any atom is -0.491 e. The molecule has 136 valence electrons. The topological polar surface area (TPSA) is 44.7 Å². The quantitative estimate of drug-likeness (QED) is 0.752. The highest BCUT2D eigenvalue weighted by molar-refractivity contribution is 5.27. The van der Waals surface area contributed by atoms with Crippen molar-refractivity contribution in [1.29, 1.82) is 0 Å². The molecule has 2 N–H and O–H groups in total. The highest BCUT2D eigenvalue weighted by Gasteiger charge is 2.40. The number of benzene rings is 1. The lowest BCUT2D eigenvalue weighted by atomic mass is 9.77. The predicted molar refractivity (Wildman–Crippen MR) is 99.4 cm³/mol. The van der Waals surface area contributed by atoms with Gasteiger partial charge in [-0.05, 0) is 70.8 Å². The van der Waals surface area contributed by atoms with Crippen LogP contribution in [-0.4, -0.2) is 47.9 Å². The van der Waals surface area contributed by atoms with Gasteiger partial charge in [0.15, 0.2) is 0 Å². The van der Waals surface area contributed by atoms with Crippen LogP contribution in [0.4, 0.5) is 0 Å². The van der Waals surface area contributed by atoms with Crippen LogP contribution in [0.25, 0.3) is 0 Å². The summed E-state index contributed by atoms with van der Waals surface area (Å²) in [6.07, 6.45) is 1.86. The first kappa shape index (κ1) is 19.2. The van der Waals surface area contributed by atoms with E-state index in [0.29, 0.717) is 12.0 Å². The molecule has 4 nitrogen and oxygen atoms in total. The summed E-state index contributed by atoms with van der Waals surface area (Å²) in [6.45, 7) is 11.1. The van der Waals surface area contributed by atoms with Crippen molar-refractivity contribution in [3.8, 4) is 5.75 Å². The molecule has 1 aromatic rings. The Morgan fingerprint density at radius 1 is 1.29 bits per heavy atom. The Labute approximate surface area is 147 Å². The number of nitrogens with one attached hydrogen (secondary N) is 1. The zero-order chi connectivity index (χ0) is 17.7. The lowest BCUT2D eigenvalue weighted by Crippen LogP contribution is -2.54. The fourth-order valence-electron chi connectivity index (χ4n) is 3.49. The maximum absolute atomic E-state index is 11.0. The fourth-order valence-corrected chi connectivity index (χ4v) is 3.49. The molecular weight excluding hydrogens is 300 g/mol. The van der Waals surface area contributed by atoms with Gasteiger partial charge in [0, 0.05) is 19.1 Å². The maximum atomic E-state index is 11.0. The van der Waals surface area contributed by atoms with Crippen molar-refractivity contribution >= 4 is 0 Å². The molecule has 0 saturated carbocycles. The molecule has 0 aromatic heterocycles. The Kier molecular flexibility index (Phi) is 6.67. The van der Waals surface area contributed by atoms with E-state index in [1.807, 2.05) is 26.0 Å². The molecule has 2 rings (SSSR count). The standard InChI is InChI=1S/C20H34N2O2/c1-15(2)24-19-8-6-18(7-9-19)13-21-11-10-20(23)12-17(4)22(5)14-16(20)3/h6-9,15-17,21,23H,10-14H2,1-5H3/t16-,17+,20+/m0/s1. The first-order valence-corrected chi connectivity index (χ1v) is 9.19. The van der Waals surface area contributed by atoms with E-state index >= 15 is 0 Å². The van der Waals surface area contributed by atoms with E-state index in [1.165, 1.54) is 5.56 Å². The molecule has 4 heteroatoms. The number of nitrogens with zero attached hydrogens (tertiary/aromatic N) is 1. The van der Waals surface area contributed by atoms with Gasteiger partial charge in [-0.2, -0.15) is 0 Å². The smallest absolute Gasteiger partial charge is 0.119 e. The molecule has 3 atom stereocenters. The number of hydrogen-bond donors (Lipinski definition) is 2. The van der Waals surface area contributed by atoms with Crippen molar-refractivity contribution in [2.24, 2.45) is 5.92 Å². The first-order valence-electron chi connectivity index (χ1n) is 9.19. The predicted octanol–water partition coefficient (Wildman–Crippen LogP) is 3.04. The Morgan fingerprint density at radius 2 is 1.96 bits per heavy atom. The summed E-state index contributed by atoms with van der Waals surface area (Å²) < 4.78 is 5.66. The van der Waals surface area contributed by atoms with Gasteiger partial charge in [-0.3, -0.25) is 0 Å². The van der Waals surface area contributed by atoms with Crippen LogP contribution in [0.5, 0.6) is 5.75 Å². The summed E-state index contributed by atoms with van der Waals surface area (Å²) in [6, 6.07) is 8.68. The van der Waals surface area contributed by atoms with Crippen LogP contribution in [0.15, 0.2) is 24.3 Å². The largest absolute Gasteiger partial charge is 0.491 e. The highest BCUT2D eigenvalue weighted by atomic mass is 16.5. The van der Waals surface area contributed by atoms with E-state index in [1.54, 1.807) is 0 Å². The van der Waals surface area contributed by atoms with E-state index in [9.17, 15) is 5.11 Å². The van der Waals surface area contributed by atoms with Gasteiger partial charge >= 0.3 is 0 Å². The third-order valence-electron chi connectivity index (χ3n) is 5.24. The van der Waals surface area contributed by atoms with Gasteiger partial charge in [-0.15, -0.1) is 0 Å². The molecule has 1 fully saturated rings. The number of piperidine rings is 1. The van der Waals surface area contributed by atoms with Crippen molar-refractivity contribution in [3.63, 3.8) is 0 Å². The number of rotatable bonds is 7. The lowest BCUT2D eigenvalue weighted by Gasteiger charge is -2.46. The van der Waals surface area contributed by atoms with Crippen LogP contribution in [0, 0.1) is 5.92 Å². The summed E-state index contributed by atoms with van der Waals surface area (Å²) in [5.74, 6) is 1.23. The Bertz CT molecular complexity index is 503. The molecule has 1 heterocycles. The molecule has 0 bridgehead atoms. The van der Waals surface area contributed by atoms with Gasteiger partial charge in [0.05, 0.1) is 11.7 Å². The van der Waals surface area contributed by atoms with Gasteiger partial charge in [0.25, 0.3) is 0 Å². The van der Waals surface area contributed by atoms with Crippen LogP contribution in [0.3, 0.4) is 0 Å². The summed E-state index contributed by atoms with van der Waals surface area (Å²) in [5.41, 5.74) is 0.691. The van der Waals surface area contributed by atoms with E-state index in [0.717, 1.165) is 38.2 Å². The SMILES string of the molecule is CC(C)Oc1ccc(CNCC[C@@]2(O)C[C@@H](C)N(C)C[C@@H]2C)cc1. The monoisotopic (exact) mass is 334 g/mol. The Hall–Kier alpha value is -1.10. The van der Waals surface area contributed by atoms with Gasteiger partial charge < -0.3 is 20.1 Å². The highest BCUT2D eigenvalue weighted by Crippen LogP contribution is 2.33. The van der Waals surface area contributed by atoms with Crippen LogP contribution < -0.4 is 10.1 Å². The molecule has 1 aliphatic rings. The number of ether oxygens (including phenoxy) is 1. The lowest BCUT2D eigenvalue weighted by molar-refractivity contribution is -0.0831. The van der Waals surface area contributed by atoms with Gasteiger partial charge in [0.2, 0.25) is 0 Å². The van der Waals surface area contributed by atoms with Crippen molar-refractivity contribution in [2.75, 3.05) is 20.1 Å². The molecule has 0 aliphatic carbocycles. The number of aliphatic hydroxyl groups is 1. The average Bonchev–Trinajstić information content (AvgIpc) is 2.51. The van der Waals surface area contributed by atoms with Crippen LogP contribution in [0.1, 0.15) is 46.1 Å². The second kappa shape index (κ2) is 8.32. The van der Waals surface area contributed by atoms with E-state index in [2.05, 4.69) is 43.2 Å². The van der Waals surface area contributed by atoms with Crippen molar-refractivity contribution < 1.29 is 9.84 Å². The zero-order valence-electron chi connectivity index (χ0n) is 15.9. The molecular formula is C20H34N2O2. The molecule has 0 spiro atoms. The van der Waals surface area contributed by atoms with Gasteiger partial charge in [-0.1, -0.05) is 19.1 Å². The number of likely N-dealkylation sites (tertiary alicyclic amines) is 1. The summed E-state index contributed by atoms with van der Waals surface area (Å²) in [7, 11) is 2.14. The Balaban J connectivity index is 1.76. The minimum absolute atomic E-state index is 0.202. The van der Waals surface area contributed by atoms with Gasteiger partial charge in [-0.25, -0.2) is 0 Å². The molecule has 1 aromatic carbocycles. The summed E-state index contributed by atoms with van der Waals surface area (Å²) in [4.78, 5) is 2.34. The second-order valence-corrected chi connectivity index (χ2v) is 7.73. The zero-order valence-corrected chi connectivity index (χ0v) is 15.9. The average molecular weight is 335 g/mol. The first-order chi connectivity index (χ1) is 11.3. The second-order valence-electron chi connectivity index (χ2n) is 7.73. The van der Waals surface area contributed by atoms with E-state index in [4.69, 9.17) is 4.74 Å². The molecule has 0 unspecified atom stereocenters. The molecule has 24 heavy (non-hydrogen) atoms. The molecule has 1 aliphatic heterocycles. The maximum Gasteiger partial charge on any atom is 0.119 e. The van der Waals surface area contributed by atoms with E-state index < -0.39 is 5.60 Å². The third-order valence-corrected chi connectivity index (χ3v) is 5.24. The van der Waals surface area contributed by atoms with Crippen LogP contribution >= 0.6 is 0 Å². The van der Waals surface area contributed by atoms with E-state index in [-0.39, 0.29) is 6.10 Å². The van der Waals surface area contributed by atoms with Gasteiger partial charge in [0.1, 0.15) is 5.75 Å². The molecule has 0 amide bonds. The Morgan fingerprint density at radius 3 is 2.58 bits per heavy atom.